The van der Waals surface area contributed by atoms with Crippen LogP contribution < -0.4 is 5.32 Å². The molecule has 0 atom stereocenters. The van der Waals surface area contributed by atoms with Crippen LogP contribution in [0.4, 0.5) is 5.69 Å². The van der Waals surface area contributed by atoms with Gasteiger partial charge >= 0.3 is 0 Å². The predicted octanol–water partition coefficient (Wildman–Crippen LogP) is 4.27. The van der Waals surface area contributed by atoms with Gasteiger partial charge in [0.05, 0.1) is 11.9 Å². The average Bonchev–Trinajstić information content (AvgIpc) is 3.47. The van der Waals surface area contributed by atoms with Crippen LogP contribution >= 0.6 is 0 Å². The minimum Gasteiger partial charge on any atom is -0.339 e. The van der Waals surface area contributed by atoms with Crippen molar-refractivity contribution in [3.05, 3.63) is 71.3 Å². The number of imidazole rings is 1. The molecule has 1 amide bonds. The van der Waals surface area contributed by atoms with Gasteiger partial charge in [0.2, 0.25) is 11.7 Å². The van der Waals surface area contributed by atoms with Crippen LogP contribution in [0.3, 0.4) is 0 Å². The highest BCUT2D eigenvalue weighted by Gasteiger charge is 2.17. The number of amides is 1. The van der Waals surface area contributed by atoms with Crippen molar-refractivity contribution in [2.75, 3.05) is 5.32 Å². The number of carbonyl (C=O) groups is 1. The molecule has 0 saturated carbocycles. The molecule has 0 bridgehead atoms. The molecule has 5 rings (SSSR count). The maximum atomic E-state index is 13.2. The highest BCUT2D eigenvalue weighted by Crippen LogP contribution is 2.28. The van der Waals surface area contributed by atoms with E-state index in [0.29, 0.717) is 28.7 Å². The number of aryl methyl sites for hydroxylation is 4. The summed E-state index contributed by atoms with van der Waals surface area (Å²) in [6, 6.07) is 9.56. The highest BCUT2D eigenvalue weighted by atomic mass is 16.5. The van der Waals surface area contributed by atoms with Crippen molar-refractivity contribution in [2.45, 2.75) is 27.7 Å². The zero-order valence-electron chi connectivity index (χ0n) is 19.0. The van der Waals surface area contributed by atoms with Crippen LogP contribution in [-0.2, 0) is 7.05 Å². The Labute approximate surface area is 190 Å². The Balaban J connectivity index is 1.50. The van der Waals surface area contributed by atoms with Gasteiger partial charge in [0.15, 0.2) is 0 Å². The highest BCUT2D eigenvalue weighted by molar-refractivity contribution is 6.04. The number of rotatable bonds is 4. The first-order chi connectivity index (χ1) is 15.8. The largest absolute Gasteiger partial charge is 0.339 e. The molecule has 0 fully saturated rings. The first-order valence-corrected chi connectivity index (χ1v) is 10.5. The van der Waals surface area contributed by atoms with Gasteiger partial charge in [-0.25, -0.2) is 4.98 Å². The van der Waals surface area contributed by atoms with Gasteiger partial charge in [-0.1, -0.05) is 17.3 Å². The van der Waals surface area contributed by atoms with Crippen LogP contribution in [0.25, 0.3) is 28.2 Å². The average molecular weight is 441 g/mol. The first-order valence-electron chi connectivity index (χ1n) is 10.5. The van der Waals surface area contributed by atoms with Crippen molar-refractivity contribution < 1.29 is 9.32 Å². The van der Waals surface area contributed by atoms with Gasteiger partial charge in [-0.15, -0.1) is 0 Å². The monoisotopic (exact) mass is 441 g/mol. The lowest BCUT2D eigenvalue weighted by atomic mass is 10.1. The van der Waals surface area contributed by atoms with Gasteiger partial charge in [-0.2, -0.15) is 10.1 Å². The first kappa shape index (κ1) is 20.6. The van der Waals surface area contributed by atoms with E-state index in [9.17, 15) is 4.79 Å². The summed E-state index contributed by atoms with van der Waals surface area (Å²) < 4.78 is 8.74. The third-order valence-corrected chi connectivity index (χ3v) is 5.81. The van der Waals surface area contributed by atoms with E-state index in [-0.39, 0.29) is 5.91 Å². The van der Waals surface area contributed by atoms with Crippen LogP contribution in [0.2, 0.25) is 0 Å². The maximum Gasteiger partial charge on any atom is 0.274 e. The number of pyridine rings is 1. The summed E-state index contributed by atoms with van der Waals surface area (Å²) in [6.07, 6.45) is 3.51. The maximum absolute atomic E-state index is 13.2. The number of hydrogen-bond acceptors (Lipinski definition) is 6. The third-order valence-electron chi connectivity index (χ3n) is 5.81. The van der Waals surface area contributed by atoms with Gasteiger partial charge < -0.3 is 9.84 Å². The molecule has 9 heteroatoms. The molecule has 4 aromatic heterocycles. The second-order valence-corrected chi connectivity index (χ2v) is 8.08. The Kier molecular flexibility index (Phi) is 4.81. The summed E-state index contributed by atoms with van der Waals surface area (Å²) in [5.41, 5.74) is 7.50. The fourth-order valence-electron chi connectivity index (χ4n) is 3.99. The Hall–Kier alpha value is -4.27. The number of nitrogens with zero attached hydrogens (tertiary/aromatic N) is 6. The van der Waals surface area contributed by atoms with Crippen LogP contribution in [-0.4, -0.2) is 35.2 Å². The van der Waals surface area contributed by atoms with Crippen LogP contribution in [0.1, 0.15) is 33.3 Å². The molecule has 9 nitrogen and oxygen atoms in total. The molecule has 0 radical (unpaired) electrons. The van der Waals surface area contributed by atoms with Gasteiger partial charge in [0.25, 0.3) is 5.91 Å². The number of benzene rings is 1. The Morgan fingerprint density at radius 1 is 1.06 bits per heavy atom. The fraction of sp³-hybridized carbons (Fsp3) is 0.208. The van der Waals surface area contributed by atoms with Gasteiger partial charge in [-0.3, -0.25) is 13.9 Å². The van der Waals surface area contributed by atoms with Crippen molar-refractivity contribution in [1.29, 1.82) is 0 Å². The second kappa shape index (κ2) is 7.70. The van der Waals surface area contributed by atoms with E-state index in [1.807, 2.05) is 69.0 Å². The Morgan fingerprint density at radius 3 is 2.55 bits per heavy atom. The lowest BCUT2D eigenvalue weighted by Gasteiger charge is -2.10. The summed E-state index contributed by atoms with van der Waals surface area (Å²) in [7, 11) is 1.92. The standard InChI is InChI=1S/C24H23N7O2/c1-13-6-7-17(23-26-16(4)33-29-23)10-19(13)27-24(32)20-11-25-21-9-8-18(12-31(20)21)22-14(2)28-30(5)15(22)3/h6-12H,1-5H3,(H,27,32). The normalized spacial score (nSPS) is 11.3. The molecule has 0 aliphatic carbocycles. The molecular weight excluding hydrogens is 418 g/mol. The minimum absolute atomic E-state index is 0.260. The van der Waals surface area contributed by atoms with E-state index in [2.05, 4.69) is 25.5 Å². The van der Waals surface area contributed by atoms with E-state index in [4.69, 9.17) is 4.52 Å². The van der Waals surface area contributed by atoms with Gasteiger partial charge in [0, 0.05) is 48.2 Å². The molecule has 0 aliphatic heterocycles. The lowest BCUT2D eigenvalue weighted by Crippen LogP contribution is -2.15. The molecule has 1 N–H and O–H groups in total. The van der Waals surface area contributed by atoms with Gasteiger partial charge in [0.1, 0.15) is 11.3 Å². The smallest absolute Gasteiger partial charge is 0.274 e. The molecule has 0 aliphatic rings. The fourth-order valence-corrected chi connectivity index (χ4v) is 3.99. The van der Waals surface area contributed by atoms with Crippen molar-refractivity contribution in [3.63, 3.8) is 0 Å². The SMILES string of the molecule is Cc1nc(-c2ccc(C)c(NC(=O)c3cnc4ccc(-c5c(C)nn(C)c5C)cn34)c2)no1. The number of fused-ring (bicyclic) bond motifs is 1. The minimum atomic E-state index is -0.260. The number of carbonyl (C=O) groups excluding carboxylic acids is 1. The number of nitrogens with one attached hydrogen (secondary N) is 1. The Bertz CT molecular complexity index is 1520. The third kappa shape index (κ3) is 3.57. The van der Waals surface area contributed by atoms with Crippen molar-refractivity contribution >= 4 is 17.2 Å². The summed E-state index contributed by atoms with van der Waals surface area (Å²) in [5.74, 6) is 0.699. The predicted molar refractivity (Wildman–Crippen MR) is 124 cm³/mol. The molecule has 0 spiro atoms. The molecule has 5 aromatic rings. The lowest BCUT2D eigenvalue weighted by molar-refractivity contribution is 0.102. The number of anilines is 1. The molecular formula is C24H23N7O2. The number of hydrogen-bond donors (Lipinski definition) is 1. The molecule has 0 saturated heterocycles. The Morgan fingerprint density at radius 2 is 1.85 bits per heavy atom. The molecule has 0 unspecified atom stereocenters. The quantitative estimate of drug-likeness (QED) is 0.447. The molecule has 166 valence electrons. The van der Waals surface area contributed by atoms with Crippen molar-refractivity contribution in [1.82, 2.24) is 29.3 Å². The van der Waals surface area contributed by atoms with E-state index in [1.54, 1.807) is 17.5 Å². The topological polar surface area (TPSA) is 103 Å². The summed E-state index contributed by atoms with van der Waals surface area (Å²) in [4.78, 5) is 21.9. The van der Waals surface area contributed by atoms with Crippen molar-refractivity contribution in [3.8, 4) is 22.5 Å². The van der Waals surface area contributed by atoms with E-state index < -0.39 is 0 Å². The molecule has 4 heterocycles. The van der Waals surface area contributed by atoms with Crippen LogP contribution in [0, 0.1) is 27.7 Å². The summed E-state index contributed by atoms with van der Waals surface area (Å²) in [6.45, 7) is 7.68. The van der Waals surface area contributed by atoms with Crippen LogP contribution in [0.15, 0.2) is 47.2 Å². The summed E-state index contributed by atoms with van der Waals surface area (Å²) >= 11 is 0. The van der Waals surface area contributed by atoms with Gasteiger partial charge in [-0.05, 0) is 44.5 Å². The summed E-state index contributed by atoms with van der Waals surface area (Å²) in [5, 5.41) is 11.5. The molecule has 1 aromatic carbocycles. The second-order valence-electron chi connectivity index (χ2n) is 8.08. The van der Waals surface area contributed by atoms with Crippen LogP contribution in [0.5, 0.6) is 0 Å². The van der Waals surface area contributed by atoms with E-state index in [1.165, 1.54) is 0 Å². The molecule has 33 heavy (non-hydrogen) atoms. The number of aromatic nitrogens is 6. The van der Waals surface area contributed by atoms with E-state index in [0.717, 1.165) is 33.6 Å². The zero-order valence-corrected chi connectivity index (χ0v) is 19.0. The zero-order chi connectivity index (χ0) is 23.3. The van der Waals surface area contributed by atoms with E-state index >= 15 is 0 Å². The van der Waals surface area contributed by atoms with Crippen molar-refractivity contribution in [2.24, 2.45) is 7.05 Å².